The number of allylic oxidation sites excluding steroid dienone is 5. The van der Waals surface area contributed by atoms with E-state index in [1.165, 1.54) is 30.7 Å². The summed E-state index contributed by atoms with van der Waals surface area (Å²) in [5.41, 5.74) is 2.98. The summed E-state index contributed by atoms with van der Waals surface area (Å²) in [6.45, 7) is 6.83. The second-order valence-electron chi connectivity index (χ2n) is 4.17. The zero-order valence-corrected chi connectivity index (χ0v) is 9.16. The van der Waals surface area contributed by atoms with Crippen LogP contribution in [-0.2, 0) is 0 Å². The van der Waals surface area contributed by atoms with E-state index in [-0.39, 0.29) is 0 Å². The van der Waals surface area contributed by atoms with E-state index in [0.29, 0.717) is 5.92 Å². The Morgan fingerprint density at radius 2 is 2.14 bits per heavy atom. The second-order valence-corrected chi connectivity index (χ2v) is 4.17. The van der Waals surface area contributed by atoms with Crippen molar-refractivity contribution in [2.24, 2.45) is 5.92 Å². The van der Waals surface area contributed by atoms with E-state index >= 15 is 0 Å². The molecule has 2 rings (SSSR count). The van der Waals surface area contributed by atoms with E-state index in [0.717, 1.165) is 6.54 Å². The Morgan fingerprint density at radius 3 is 2.93 bits per heavy atom. The number of hydrogen-bond acceptors (Lipinski definition) is 1. The maximum atomic E-state index is 2.48. The van der Waals surface area contributed by atoms with Crippen LogP contribution in [0.15, 0.2) is 35.6 Å². The molecule has 1 unspecified atom stereocenters. The summed E-state index contributed by atoms with van der Waals surface area (Å²) < 4.78 is 0. The number of rotatable bonds is 1. The summed E-state index contributed by atoms with van der Waals surface area (Å²) >= 11 is 0. The van der Waals surface area contributed by atoms with Crippen molar-refractivity contribution in [3.8, 4) is 0 Å². The molecular formula is C13H19N. The van der Waals surface area contributed by atoms with Crippen LogP contribution in [0.5, 0.6) is 0 Å². The van der Waals surface area contributed by atoms with Crippen LogP contribution in [0.25, 0.3) is 0 Å². The third-order valence-electron chi connectivity index (χ3n) is 3.08. The standard InChI is InChI=1S/C13H19N/c1-3-14-10-4-5-12-8-6-11(2)7-9-13(12)14/h6-9,11H,3-5,10H2,1-2H3. The van der Waals surface area contributed by atoms with Crippen molar-refractivity contribution in [1.82, 2.24) is 4.90 Å². The fraction of sp³-hybridized carbons (Fsp3) is 0.538. The Kier molecular flexibility index (Phi) is 2.76. The first-order chi connectivity index (χ1) is 6.81. The lowest BCUT2D eigenvalue weighted by Crippen LogP contribution is -2.27. The van der Waals surface area contributed by atoms with Gasteiger partial charge in [-0.2, -0.15) is 0 Å². The van der Waals surface area contributed by atoms with Gasteiger partial charge in [-0.1, -0.05) is 25.2 Å². The third kappa shape index (κ3) is 1.77. The van der Waals surface area contributed by atoms with Crippen molar-refractivity contribution in [3.63, 3.8) is 0 Å². The first kappa shape index (κ1) is 9.57. The van der Waals surface area contributed by atoms with Crippen molar-refractivity contribution in [1.29, 1.82) is 0 Å². The molecule has 1 atom stereocenters. The molecule has 0 amide bonds. The lowest BCUT2D eigenvalue weighted by atomic mass is 10.0. The maximum absolute atomic E-state index is 2.48. The van der Waals surface area contributed by atoms with Gasteiger partial charge in [-0.3, -0.25) is 0 Å². The van der Waals surface area contributed by atoms with Gasteiger partial charge in [0, 0.05) is 18.8 Å². The molecule has 2 aliphatic rings. The molecule has 0 spiro atoms. The number of nitrogens with zero attached hydrogens (tertiary/aromatic N) is 1. The van der Waals surface area contributed by atoms with Gasteiger partial charge in [0.25, 0.3) is 0 Å². The predicted octanol–water partition coefficient (Wildman–Crippen LogP) is 3.12. The Morgan fingerprint density at radius 1 is 1.36 bits per heavy atom. The second kappa shape index (κ2) is 4.04. The zero-order chi connectivity index (χ0) is 9.97. The molecule has 1 nitrogen and oxygen atoms in total. The predicted molar refractivity (Wildman–Crippen MR) is 61.0 cm³/mol. The van der Waals surface area contributed by atoms with Crippen LogP contribution >= 0.6 is 0 Å². The number of likely N-dealkylation sites (N-methyl/N-ethyl adjacent to an activating group) is 1. The highest BCUT2D eigenvalue weighted by Gasteiger charge is 2.16. The van der Waals surface area contributed by atoms with Crippen LogP contribution in [0.4, 0.5) is 0 Å². The Balaban J connectivity index is 2.32. The normalized spacial score (nSPS) is 26.4. The molecule has 14 heavy (non-hydrogen) atoms. The van der Waals surface area contributed by atoms with E-state index in [2.05, 4.69) is 43.1 Å². The van der Waals surface area contributed by atoms with Gasteiger partial charge in [-0.15, -0.1) is 0 Å². The number of hydrogen-bond donors (Lipinski definition) is 0. The average molecular weight is 189 g/mol. The smallest absolute Gasteiger partial charge is 0.0395 e. The van der Waals surface area contributed by atoms with E-state index in [1.54, 1.807) is 0 Å². The third-order valence-corrected chi connectivity index (χ3v) is 3.08. The lowest BCUT2D eigenvalue weighted by molar-refractivity contribution is 0.345. The molecule has 0 N–H and O–H groups in total. The molecule has 0 bridgehead atoms. The van der Waals surface area contributed by atoms with Gasteiger partial charge in [0.2, 0.25) is 0 Å². The van der Waals surface area contributed by atoms with E-state index < -0.39 is 0 Å². The van der Waals surface area contributed by atoms with Gasteiger partial charge in [0.1, 0.15) is 0 Å². The summed E-state index contributed by atoms with van der Waals surface area (Å²) in [4.78, 5) is 2.48. The minimum Gasteiger partial charge on any atom is -0.372 e. The molecule has 76 valence electrons. The Labute approximate surface area is 86.8 Å². The summed E-state index contributed by atoms with van der Waals surface area (Å²) in [6.07, 6.45) is 11.8. The average Bonchev–Trinajstić information content (AvgIpc) is 2.41. The minimum absolute atomic E-state index is 0.583. The molecule has 0 aromatic heterocycles. The van der Waals surface area contributed by atoms with Gasteiger partial charge in [-0.25, -0.2) is 0 Å². The van der Waals surface area contributed by atoms with Gasteiger partial charge in [-0.05, 0) is 37.3 Å². The van der Waals surface area contributed by atoms with E-state index in [4.69, 9.17) is 0 Å². The van der Waals surface area contributed by atoms with Crippen molar-refractivity contribution < 1.29 is 0 Å². The highest BCUT2D eigenvalue weighted by molar-refractivity contribution is 5.37. The zero-order valence-electron chi connectivity index (χ0n) is 9.16. The SMILES string of the molecule is CCN1CCCC2=C1C=CC(C)C=C2. The first-order valence-corrected chi connectivity index (χ1v) is 5.65. The van der Waals surface area contributed by atoms with E-state index in [1.807, 2.05) is 0 Å². The fourth-order valence-electron chi connectivity index (χ4n) is 2.20. The lowest BCUT2D eigenvalue weighted by Gasteiger charge is -2.30. The minimum atomic E-state index is 0.583. The largest absolute Gasteiger partial charge is 0.372 e. The summed E-state index contributed by atoms with van der Waals surface area (Å²) in [6, 6.07) is 0. The topological polar surface area (TPSA) is 3.24 Å². The summed E-state index contributed by atoms with van der Waals surface area (Å²) in [5.74, 6) is 0.583. The molecule has 0 aromatic carbocycles. The van der Waals surface area contributed by atoms with Crippen LogP contribution < -0.4 is 0 Å². The van der Waals surface area contributed by atoms with Crippen LogP contribution in [0.1, 0.15) is 26.7 Å². The summed E-state index contributed by atoms with van der Waals surface area (Å²) in [5, 5.41) is 0. The Hall–Kier alpha value is -0.980. The molecule has 1 aliphatic carbocycles. The van der Waals surface area contributed by atoms with E-state index in [9.17, 15) is 0 Å². The van der Waals surface area contributed by atoms with Crippen molar-refractivity contribution in [2.75, 3.05) is 13.1 Å². The molecule has 1 heterocycles. The van der Waals surface area contributed by atoms with Crippen LogP contribution in [0.3, 0.4) is 0 Å². The molecule has 0 fully saturated rings. The van der Waals surface area contributed by atoms with Crippen molar-refractivity contribution >= 4 is 0 Å². The molecule has 0 saturated carbocycles. The van der Waals surface area contributed by atoms with Crippen LogP contribution in [0.2, 0.25) is 0 Å². The maximum Gasteiger partial charge on any atom is 0.0395 e. The van der Waals surface area contributed by atoms with Gasteiger partial charge in [0.05, 0.1) is 0 Å². The quantitative estimate of drug-likeness (QED) is 0.612. The molecule has 0 saturated heterocycles. The van der Waals surface area contributed by atoms with Gasteiger partial charge in [0.15, 0.2) is 0 Å². The highest BCUT2D eigenvalue weighted by Crippen LogP contribution is 2.26. The van der Waals surface area contributed by atoms with Gasteiger partial charge < -0.3 is 4.90 Å². The molecule has 1 heteroatoms. The molecule has 1 aliphatic heterocycles. The van der Waals surface area contributed by atoms with Crippen LogP contribution in [-0.4, -0.2) is 18.0 Å². The molecule has 0 aromatic rings. The fourth-order valence-corrected chi connectivity index (χ4v) is 2.20. The Bertz CT molecular complexity index is 296. The highest BCUT2D eigenvalue weighted by atomic mass is 15.1. The molecular weight excluding hydrogens is 170 g/mol. The summed E-state index contributed by atoms with van der Waals surface area (Å²) in [7, 11) is 0. The monoisotopic (exact) mass is 189 g/mol. The first-order valence-electron chi connectivity index (χ1n) is 5.65. The van der Waals surface area contributed by atoms with Crippen molar-refractivity contribution in [2.45, 2.75) is 26.7 Å². The molecule has 0 radical (unpaired) electrons. The van der Waals surface area contributed by atoms with Gasteiger partial charge >= 0.3 is 0 Å². The van der Waals surface area contributed by atoms with Crippen LogP contribution in [0, 0.1) is 5.92 Å². The van der Waals surface area contributed by atoms with Crippen molar-refractivity contribution in [3.05, 3.63) is 35.6 Å².